The Morgan fingerprint density at radius 2 is 2.16 bits per heavy atom. The molecule has 0 saturated heterocycles. The molecule has 0 fully saturated rings. The summed E-state index contributed by atoms with van der Waals surface area (Å²) >= 11 is 0. The molecule has 3 aromatic heterocycles. The SMILES string of the molecule is Cn1cnc2c1CC(COCc1ccncc1)N(Cc1cn[nH]c1)C2. The fourth-order valence-electron chi connectivity index (χ4n) is 3.31. The molecule has 1 N–H and O–H groups in total. The van der Waals surface area contributed by atoms with Crippen molar-refractivity contribution in [3.8, 4) is 0 Å². The summed E-state index contributed by atoms with van der Waals surface area (Å²) in [6.07, 6.45) is 10.3. The van der Waals surface area contributed by atoms with Gasteiger partial charge < -0.3 is 9.30 Å². The molecule has 0 aromatic carbocycles. The maximum Gasteiger partial charge on any atom is 0.0949 e. The van der Waals surface area contributed by atoms with Gasteiger partial charge in [-0.25, -0.2) is 4.98 Å². The second-order valence-corrected chi connectivity index (χ2v) is 6.49. The predicted octanol–water partition coefficient (Wildman–Crippen LogP) is 1.68. The number of imidazole rings is 1. The number of hydrogen-bond donors (Lipinski definition) is 1. The normalized spacial score (nSPS) is 17.6. The van der Waals surface area contributed by atoms with Crippen molar-refractivity contribution in [2.45, 2.75) is 32.2 Å². The van der Waals surface area contributed by atoms with Gasteiger partial charge in [0.25, 0.3) is 0 Å². The molecule has 0 bridgehead atoms. The van der Waals surface area contributed by atoms with Crippen molar-refractivity contribution in [1.82, 2.24) is 29.6 Å². The van der Waals surface area contributed by atoms with Crippen molar-refractivity contribution < 1.29 is 4.74 Å². The van der Waals surface area contributed by atoms with Gasteiger partial charge in [-0.15, -0.1) is 0 Å². The van der Waals surface area contributed by atoms with Crippen LogP contribution in [0, 0.1) is 0 Å². The molecule has 4 heterocycles. The van der Waals surface area contributed by atoms with Crippen LogP contribution in [0.5, 0.6) is 0 Å². The van der Waals surface area contributed by atoms with Crippen LogP contribution >= 0.6 is 0 Å². The molecular formula is C18H22N6O. The molecule has 130 valence electrons. The highest BCUT2D eigenvalue weighted by Gasteiger charge is 2.29. The van der Waals surface area contributed by atoms with Crippen molar-refractivity contribution in [1.29, 1.82) is 0 Å². The van der Waals surface area contributed by atoms with Crippen LogP contribution in [0.4, 0.5) is 0 Å². The lowest BCUT2D eigenvalue weighted by Gasteiger charge is -2.35. The molecule has 0 spiro atoms. The first-order valence-electron chi connectivity index (χ1n) is 8.47. The first-order valence-corrected chi connectivity index (χ1v) is 8.47. The fourth-order valence-corrected chi connectivity index (χ4v) is 3.31. The Bertz CT molecular complexity index is 798. The van der Waals surface area contributed by atoms with Crippen molar-refractivity contribution >= 4 is 0 Å². The number of ether oxygens (including phenoxy) is 1. The zero-order valence-electron chi connectivity index (χ0n) is 14.3. The molecule has 1 aliphatic rings. The van der Waals surface area contributed by atoms with Gasteiger partial charge >= 0.3 is 0 Å². The minimum absolute atomic E-state index is 0.319. The molecule has 0 saturated carbocycles. The van der Waals surface area contributed by atoms with E-state index in [1.165, 1.54) is 11.3 Å². The van der Waals surface area contributed by atoms with Gasteiger partial charge in [0.2, 0.25) is 0 Å². The highest BCUT2D eigenvalue weighted by Crippen LogP contribution is 2.24. The zero-order valence-corrected chi connectivity index (χ0v) is 14.3. The number of pyridine rings is 1. The molecule has 0 aliphatic carbocycles. The molecule has 7 nitrogen and oxygen atoms in total. The zero-order chi connectivity index (χ0) is 17.1. The van der Waals surface area contributed by atoms with Gasteiger partial charge in [0.1, 0.15) is 0 Å². The number of aryl methyl sites for hydroxylation is 1. The molecular weight excluding hydrogens is 316 g/mol. The summed E-state index contributed by atoms with van der Waals surface area (Å²) in [6.45, 7) is 2.97. The van der Waals surface area contributed by atoms with Crippen molar-refractivity contribution in [2.24, 2.45) is 7.05 Å². The summed E-state index contributed by atoms with van der Waals surface area (Å²) in [7, 11) is 2.06. The molecule has 0 radical (unpaired) electrons. The van der Waals surface area contributed by atoms with Crippen LogP contribution in [-0.2, 0) is 37.9 Å². The van der Waals surface area contributed by atoms with E-state index in [9.17, 15) is 0 Å². The van der Waals surface area contributed by atoms with E-state index in [2.05, 4.69) is 36.7 Å². The third-order valence-electron chi connectivity index (χ3n) is 4.71. The van der Waals surface area contributed by atoms with Crippen molar-refractivity contribution in [3.63, 3.8) is 0 Å². The Morgan fingerprint density at radius 3 is 2.96 bits per heavy atom. The average molecular weight is 338 g/mol. The predicted molar refractivity (Wildman–Crippen MR) is 92.4 cm³/mol. The maximum atomic E-state index is 6.02. The standard InChI is InChI=1S/C18H22N6O/c1-23-13-20-17-10-24(9-15-7-21-22-8-15)16(6-18(17)23)12-25-11-14-2-4-19-5-3-14/h2-5,7-8,13,16H,6,9-12H2,1H3,(H,21,22). The van der Waals surface area contributed by atoms with Gasteiger partial charge in [-0.2, -0.15) is 5.10 Å². The van der Waals surface area contributed by atoms with E-state index >= 15 is 0 Å². The third kappa shape index (κ3) is 3.62. The molecule has 3 aromatic rings. The molecule has 1 unspecified atom stereocenters. The minimum atomic E-state index is 0.319. The van der Waals surface area contributed by atoms with Crippen LogP contribution < -0.4 is 0 Å². The Kier molecular flexibility index (Phi) is 4.58. The first kappa shape index (κ1) is 16.0. The fraction of sp³-hybridized carbons (Fsp3) is 0.389. The van der Waals surface area contributed by atoms with Gasteiger partial charge in [-0.1, -0.05) is 0 Å². The Hall–Kier alpha value is -2.51. The van der Waals surface area contributed by atoms with E-state index in [0.717, 1.165) is 30.8 Å². The van der Waals surface area contributed by atoms with Crippen LogP contribution in [0.1, 0.15) is 22.5 Å². The van der Waals surface area contributed by atoms with Crippen LogP contribution in [0.3, 0.4) is 0 Å². The molecule has 1 aliphatic heterocycles. The number of H-pyrrole nitrogens is 1. The van der Waals surface area contributed by atoms with E-state index in [1.54, 1.807) is 12.4 Å². The smallest absolute Gasteiger partial charge is 0.0949 e. The van der Waals surface area contributed by atoms with Crippen molar-refractivity contribution in [2.75, 3.05) is 6.61 Å². The van der Waals surface area contributed by atoms with Crippen LogP contribution in [0.25, 0.3) is 0 Å². The van der Waals surface area contributed by atoms with Crippen LogP contribution in [-0.4, -0.2) is 42.3 Å². The summed E-state index contributed by atoms with van der Waals surface area (Å²) < 4.78 is 8.14. The maximum absolute atomic E-state index is 6.02. The lowest BCUT2D eigenvalue weighted by atomic mass is 10.0. The highest BCUT2D eigenvalue weighted by atomic mass is 16.5. The quantitative estimate of drug-likeness (QED) is 0.740. The Morgan fingerprint density at radius 1 is 1.28 bits per heavy atom. The van der Waals surface area contributed by atoms with E-state index in [4.69, 9.17) is 4.74 Å². The second-order valence-electron chi connectivity index (χ2n) is 6.49. The lowest BCUT2D eigenvalue weighted by molar-refractivity contribution is 0.0360. The number of nitrogens with zero attached hydrogens (tertiary/aromatic N) is 5. The largest absolute Gasteiger partial charge is 0.375 e. The lowest BCUT2D eigenvalue weighted by Crippen LogP contribution is -2.43. The minimum Gasteiger partial charge on any atom is -0.375 e. The molecule has 0 amide bonds. The van der Waals surface area contributed by atoms with E-state index < -0.39 is 0 Å². The highest BCUT2D eigenvalue weighted by molar-refractivity contribution is 5.19. The molecule has 1 atom stereocenters. The summed E-state index contributed by atoms with van der Waals surface area (Å²) in [5.41, 5.74) is 4.80. The van der Waals surface area contributed by atoms with Gasteiger partial charge in [0, 0.05) is 62.4 Å². The van der Waals surface area contributed by atoms with E-state index in [-0.39, 0.29) is 0 Å². The number of nitrogens with one attached hydrogen (secondary N) is 1. The number of hydrogen-bond acceptors (Lipinski definition) is 5. The van der Waals surface area contributed by atoms with E-state index in [1.807, 2.05) is 30.9 Å². The number of fused-ring (bicyclic) bond motifs is 1. The monoisotopic (exact) mass is 338 g/mol. The van der Waals surface area contributed by atoms with E-state index in [0.29, 0.717) is 19.3 Å². The summed E-state index contributed by atoms with van der Waals surface area (Å²) in [4.78, 5) is 11.0. The Balaban J connectivity index is 1.45. The Labute approximate surface area is 146 Å². The van der Waals surface area contributed by atoms with Crippen LogP contribution in [0.2, 0.25) is 0 Å². The molecule has 25 heavy (non-hydrogen) atoms. The third-order valence-corrected chi connectivity index (χ3v) is 4.71. The van der Waals surface area contributed by atoms with Crippen molar-refractivity contribution in [3.05, 3.63) is 65.8 Å². The van der Waals surface area contributed by atoms with Gasteiger partial charge in [-0.3, -0.25) is 15.0 Å². The summed E-state index contributed by atoms with van der Waals surface area (Å²) in [5.74, 6) is 0. The number of aromatic nitrogens is 5. The summed E-state index contributed by atoms with van der Waals surface area (Å²) in [5, 5.41) is 6.94. The first-order chi connectivity index (χ1) is 12.3. The van der Waals surface area contributed by atoms with Gasteiger partial charge in [-0.05, 0) is 17.7 Å². The molecule has 4 rings (SSSR count). The average Bonchev–Trinajstić information content (AvgIpc) is 3.27. The molecule has 7 heteroatoms. The number of rotatable bonds is 6. The second kappa shape index (κ2) is 7.16. The van der Waals surface area contributed by atoms with Gasteiger partial charge in [0.05, 0.1) is 31.4 Å². The number of aromatic amines is 1. The summed E-state index contributed by atoms with van der Waals surface area (Å²) in [6, 6.07) is 4.30. The van der Waals surface area contributed by atoms with Gasteiger partial charge in [0.15, 0.2) is 0 Å². The topological polar surface area (TPSA) is 71.9 Å². The van der Waals surface area contributed by atoms with Crippen LogP contribution in [0.15, 0.2) is 43.2 Å².